The summed E-state index contributed by atoms with van der Waals surface area (Å²) in [5.41, 5.74) is 1.59. The molecule has 0 aliphatic heterocycles. The average molecular weight is 263 g/mol. The van der Waals surface area contributed by atoms with Crippen molar-refractivity contribution in [3.63, 3.8) is 0 Å². The zero-order valence-corrected chi connectivity index (χ0v) is 10.9. The van der Waals surface area contributed by atoms with Gasteiger partial charge < -0.3 is 0 Å². The molecule has 1 heteroatoms. The van der Waals surface area contributed by atoms with Gasteiger partial charge in [0.15, 0.2) is 0 Å². The molecular formula is C14H15Br. The smallest absolute Gasteiger partial charge is 0.0253 e. The summed E-state index contributed by atoms with van der Waals surface area (Å²) < 4.78 is 1.17. The maximum Gasteiger partial charge on any atom is 0.0253 e. The minimum atomic E-state index is 0.212. The van der Waals surface area contributed by atoms with Crippen LogP contribution in [0.25, 0.3) is 10.8 Å². The summed E-state index contributed by atoms with van der Waals surface area (Å²) in [6, 6.07) is 13.0. The minimum absolute atomic E-state index is 0.212. The Morgan fingerprint density at radius 2 is 1.73 bits per heavy atom. The second-order valence-corrected chi connectivity index (χ2v) is 5.78. The number of hydrogen-bond donors (Lipinski definition) is 0. The molecule has 15 heavy (non-hydrogen) atoms. The standard InChI is InChI=1S/C14H15Br/c1-14(2,3)11-8-7-10-5-4-6-13(15)12(10)9-11/h4-9H,1-3H3. The van der Waals surface area contributed by atoms with Crippen LogP contribution in [-0.4, -0.2) is 0 Å². The van der Waals surface area contributed by atoms with Crippen molar-refractivity contribution in [2.75, 3.05) is 0 Å². The first-order chi connectivity index (χ1) is 6.98. The maximum atomic E-state index is 3.60. The molecule has 0 aromatic heterocycles. The van der Waals surface area contributed by atoms with Crippen LogP contribution < -0.4 is 0 Å². The van der Waals surface area contributed by atoms with E-state index in [0.29, 0.717) is 0 Å². The first-order valence-electron chi connectivity index (χ1n) is 5.17. The molecule has 0 unspecified atom stereocenters. The van der Waals surface area contributed by atoms with Crippen LogP contribution in [0.2, 0.25) is 0 Å². The predicted octanol–water partition coefficient (Wildman–Crippen LogP) is 4.90. The summed E-state index contributed by atoms with van der Waals surface area (Å²) in [5, 5.41) is 2.59. The summed E-state index contributed by atoms with van der Waals surface area (Å²) in [6.07, 6.45) is 0. The predicted molar refractivity (Wildman–Crippen MR) is 70.3 cm³/mol. The fourth-order valence-electron chi connectivity index (χ4n) is 1.70. The molecule has 0 atom stereocenters. The minimum Gasteiger partial charge on any atom is -0.0605 e. The molecule has 78 valence electrons. The van der Waals surface area contributed by atoms with Crippen molar-refractivity contribution >= 4 is 26.7 Å². The van der Waals surface area contributed by atoms with Gasteiger partial charge >= 0.3 is 0 Å². The molecule has 0 aliphatic carbocycles. The molecule has 0 spiro atoms. The Bertz CT molecular complexity index is 492. The fraction of sp³-hybridized carbons (Fsp3) is 0.286. The van der Waals surface area contributed by atoms with E-state index in [1.165, 1.54) is 20.8 Å². The monoisotopic (exact) mass is 262 g/mol. The lowest BCUT2D eigenvalue weighted by Crippen LogP contribution is -2.10. The summed E-state index contributed by atoms with van der Waals surface area (Å²) in [4.78, 5) is 0. The van der Waals surface area contributed by atoms with Gasteiger partial charge in [0.05, 0.1) is 0 Å². The lowest BCUT2D eigenvalue weighted by atomic mass is 9.86. The van der Waals surface area contributed by atoms with Crippen molar-refractivity contribution < 1.29 is 0 Å². The number of halogens is 1. The van der Waals surface area contributed by atoms with Gasteiger partial charge in [0.2, 0.25) is 0 Å². The highest BCUT2D eigenvalue weighted by Gasteiger charge is 2.13. The van der Waals surface area contributed by atoms with Gasteiger partial charge in [0.1, 0.15) is 0 Å². The van der Waals surface area contributed by atoms with Gasteiger partial charge in [-0.3, -0.25) is 0 Å². The summed E-state index contributed by atoms with van der Waals surface area (Å²) >= 11 is 3.60. The van der Waals surface area contributed by atoms with Crippen LogP contribution in [0, 0.1) is 0 Å². The lowest BCUT2D eigenvalue weighted by molar-refractivity contribution is 0.591. The van der Waals surface area contributed by atoms with Crippen molar-refractivity contribution in [1.82, 2.24) is 0 Å². The number of rotatable bonds is 0. The quantitative estimate of drug-likeness (QED) is 0.634. The highest BCUT2D eigenvalue weighted by molar-refractivity contribution is 9.10. The Morgan fingerprint density at radius 3 is 2.40 bits per heavy atom. The molecule has 0 radical (unpaired) electrons. The molecule has 2 aromatic carbocycles. The number of fused-ring (bicyclic) bond motifs is 1. The third-order valence-corrected chi connectivity index (χ3v) is 3.39. The van der Waals surface area contributed by atoms with Gasteiger partial charge in [-0.25, -0.2) is 0 Å². The Hall–Kier alpha value is -0.820. The van der Waals surface area contributed by atoms with E-state index >= 15 is 0 Å². The molecule has 0 heterocycles. The van der Waals surface area contributed by atoms with E-state index < -0.39 is 0 Å². The summed E-state index contributed by atoms with van der Waals surface area (Å²) in [6.45, 7) is 6.72. The third kappa shape index (κ3) is 2.07. The molecule has 2 rings (SSSR count). The van der Waals surface area contributed by atoms with Crippen LogP contribution in [-0.2, 0) is 5.41 Å². The largest absolute Gasteiger partial charge is 0.0605 e. The van der Waals surface area contributed by atoms with Crippen LogP contribution in [0.5, 0.6) is 0 Å². The molecule has 0 aliphatic rings. The highest BCUT2D eigenvalue weighted by atomic mass is 79.9. The maximum absolute atomic E-state index is 3.60. The SMILES string of the molecule is CC(C)(C)c1ccc2cccc(Br)c2c1. The van der Waals surface area contributed by atoms with Crippen molar-refractivity contribution in [3.05, 3.63) is 46.4 Å². The van der Waals surface area contributed by atoms with Crippen molar-refractivity contribution in [2.24, 2.45) is 0 Å². The molecule has 0 saturated heterocycles. The number of benzene rings is 2. The van der Waals surface area contributed by atoms with E-state index in [2.05, 4.69) is 73.1 Å². The molecule has 0 saturated carbocycles. The van der Waals surface area contributed by atoms with Crippen LogP contribution in [0.1, 0.15) is 26.3 Å². The van der Waals surface area contributed by atoms with E-state index in [4.69, 9.17) is 0 Å². The molecule has 0 nitrogen and oxygen atoms in total. The summed E-state index contributed by atoms with van der Waals surface area (Å²) in [7, 11) is 0. The number of hydrogen-bond acceptors (Lipinski definition) is 0. The fourth-order valence-corrected chi connectivity index (χ4v) is 2.20. The second kappa shape index (κ2) is 3.64. The van der Waals surface area contributed by atoms with E-state index in [-0.39, 0.29) is 5.41 Å². The molecule has 0 fully saturated rings. The van der Waals surface area contributed by atoms with Crippen LogP contribution in [0.3, 0.4) is 0 Å². The Kier molecular flexibility index (Phi) is 2.59. The Balaban J connectivity index is 2.70. The molecule has 0 amide bonds. The zero-order valence-electron chi connectivity index (χ0n) is 9.34. The molecule has 2 aromatic rings. The van der Waals surface area contributed by atoms with Gasteiger partial charge in [-0.2, -0.15) is 0 Å². The summed E-state index contributed by atoms with van der Waals surface area (Å²) in [5.74, 6) is 0. The Labute approximate surface area is 99.4 Å². The average Bonchev–Trinajstić information content (AvgIpc) is 2.16. The van der Waals surface area contributed by atoms with Crippen LogP contribution >= 0.6 is 15.9 Å². The first kappa shape index (κ1) is 10.7. The third-order valence-electron chi connectivity index (χ3n) is 2.69. The van der Waals surface area contributed by atoms with Crippen LogP contribution in [0.4, 0.5) is 0 Å². The molecular weight excluding hydrogens is 248 g/mol. The first-order valence-corrected chi connectivity index (χ1v) is 5.96. The van der Waals surface area contributed by atoms with E-state index in [1.807, 2.05) is 0 Å². The van der Waals surface area contributed by atoms with E-state index in [1.54, 1.807) is 0 Å². The molecule has 0 N–H and O–H groups in total. The lowest BCUT2D eigenvalue weighted by Gasteiger charge is -2.19. The van der Waals surface area contributed by atoms with Crippen molar-refractivity contribution in [2.45, 2.75) is 26.2 Å². The van der Waals surface area contributed by atoms with Crippen LogP contribution in [0.15, 0.2) is 40.9 Å². The van der Waals surface area contributed by atoms with Gasteiger partial charge in [0, 0.05) is 4.47 Å². The van der Waals surface area contributed by atoms with Gasteiger partial charge in [-0.05, 0) is 33.9 Å². The van der Waals surface area contributed by atoms with E-state index in [9.17, 15) is 0 Å². The zero-order chi connectivity index (χ0) is 11.1. The van der Waals surface area contributed by atoms with Gasteiger partial charge in [-0.1, -0.05) is 61.0 Å². The Morgan fingerprint density at radius 1 is 1.00 bits per heavy atom. The second-order valence-electron chi connectivity index (χ2n) is 4.93. The highest BCUT2D eigenvalue weighted by Crippen LogP contribution is 2.29. The van der Waals surface area contributed by atoms with E-state index in [0.717, 1.165) is 0 Å². The normalized spacial score (nSPS) is 12.0. The topological polar surface area (TPSA) is 0 Å². The van der Waals surface area contributed by atoms with Crippen molar-refractivity contribution in [3.8, 4) is 0 Å². The van der Waals surface area contributed by atoms with Gasteiger partial charge in [-0.15, -0.1) is 0 Å². The van der Waals surface area contributed by atoms with Crippen molar-refractivity contribution in [1.29, 1.82) is 0 Å². The van der Waals surface area contributed by atoms with Gasteiger partial charge in [0.25, 0.3) is 0 Å². The molecule has 0 bridgehead atoms.